The van der Waals surface area contributed by atoms with Crippen molar-refractivity contribution in [1.82, 2.24) is 9.97 Å². The third-order valence-electron chi connectivity index (χ3n) is 5.00. The van der Waals surface area contributed by atoms with Gasteiger partial charge in [-0.25, -0.2) is 4.98 Å². The van der Waals surface area contributed by atoms with Crippen molar-refractivity contribution >= 4 is 34.6 Å². The van der Waals surface area contributed by atoms with E-state index in [1.807, 2.05) is 42.5 Å². The normalized spacial score (nSPS) is 13.6. The number of benzene rings is 1. The Kier molecular flexibility index (Phi) is 6.89. The number of esters is 1. The van der Waals surface area contributed by atoms with Crippen LogP contribution in [0.2, 0.25) is 0 Å². The number of nitrogens with zero attached hydrogens (tertiary/aromatic N) is 3. The second-order valence-electron chi connectivity index (χ2n) is 7.34. The SMILES string of the molecule is O=C(COC(=O)Cc1csc(-c2ccccn2)n1)Nc1ccc(N2CCCCC2)cc1. The summed E-state index contributed by atoms with van der Waals surface area (Å²) in [5.74, 6) is -0.861. The summed E-state index contributed by atoms with van der Waals surface area (Å²) >= 11 is 1.42. The quantitative estimate of drug-likeness (QED) is 0.565. The van der Waals surface area contributed by atoms with E-state index in [2.05, 4.69) is 20.2 Å². The molecule has 1 amide bonds. The van der Waals surface area contributed by atoms with Crippen molar-refractivity contribution in [3.63, 3.8) is 0 Å². The first-order chi connectivity index (χ1) is 15.2. The second kappa shape index (κ2) is 10.2. The molecule has 1 aliphatic heterocycles. The van der Waals surface area contributed by atoms with E-state index in [1.54, 1.807) is 11.6 Å². The molecule has 0 unspecified atom stereocenters. The molecule has 160 valence electrons. The van der Waals surface area contributed by atoms with Gasteiger partial charge in [-0.2, -0.15) is 0 Å². The lowest BCUT2D eigenvalue weighted by atomic mass is 10.1. The molecular weight excluding hydrogens is 412 g/mol. The summed E-state index contributed by atoms with van der Waals surface area (Å²) in [7, 11) is 0. The number of amides is 1. The van der Waals surface area contributed by atoms with Gasteiger partial charge in [-0.15, -0.1) is 11.3 Å². The van der Waals surface area contributed by atoms with Crippen LogP contribution >= 0.6 is 11.3 Å². The van der Waals surface area contributed by atoms with Crippen molar-refractivity contribution in [3.05, 3.63) is 59.7 Å². The zero-order chi connectivity index (χ0) is 21.5. The maximum absolute atomic E-state index is 12.1. The van der Waals surface area contributed by atoms with E-state index in [1.165, 1.54) is 30.6 Å². The minimum Gasteiger partial charge on any atom is -0.455 e. The Morgan fingerprint density at radius 3 is 2.61 bits per heavy atom. The lowest BCUT2D eigenvalue weighted by molar-refractivity contribution is -0.146. The summed E-state index contributed by atoms with van der Waals surface area (Å²) in [5, 5.41) is 5.31. The van der Waals surface area contributed by atoms with Gasteiger partial charge in [-0.1, -0.05) is 6.07 Å². The lowest BCUT2D eigenvalue weighted by Gasteiger charge is -2.28. The van der Waals surface area contributed by atoms with Crippen LogP contribution in [0.4, 0.5) is 11.4 Å². The second-order valence-corrected chi connectivity index (χ2v) is 8.20. The Hall–Kier alpha value is -3.26. The maximum Gasteiger partial charge on any atom is 0.312 e. The summed E-state index contributed by atoms with van der Waals surface area (Å²) in [6, 6.07) is 13.4. The standard InChI is InChI=1S/C23H24N4O3S/c28-21(25-17-7-9-19(10-8-17)27-12-4-1-5-13-27)15-30-22(29)14-18-16-31-23(26-18)20-6-2-3-11-24-20/h2-3,6-11,16H,1,4-5,12-15H2,(H,25,28). The van der Waals surface area contributed by atoms with Gasteiger partial charge in [0.1, 0.15) is 5.01 Å². The number of anilines is 2. The summed E-state index contributed by atoms with van der Waals surface area (Å²) in [5.41, 5.74) is 3.21. The predicted octanol–water partition coefficient (Wildman–Crippen LogP) is 3.92. The van der Waals surface area contributed by atoms with Crippen LogP contribution in [0.15, 0.2) is 54.0 Å². The average Bonchev–Trinajstić information content (AvgIpc) is 3.28. The van der Waals surface area contributed by atoms with E-state index in [-0.39, 0.29) is 18.9 Å². The van der Waals surface area contributed by atoms with Crippen LogP contribution in [-0.4, -0.2) is 41.5 Å². The fraction of sp³-hybridized carbons (Fsp3) is 0.304. The number of piperidine rings is 1. The van der Waals surface area contributed by atoms with Crippen molar-refractivity contribution in [3.8, 4) is 10.7 Å². The Balaban J connectivity index is 1.22. The lowest BCUT2D eigenvalue weighted by Crippen LogP contribution is -2.29. The van der Waals surface area contributed by atoms with Crippen LogP contribution in [0.3, 0.4) is 0 Å². The number of thiazole rings is 1. The first-order valence-electron chi connectivity index (χ1n) is 10.3. The van der Waals surface area contributed by atoms with E-state index in [4.69, 9.17) is 4.74 Å². The molecule has 0 atom stereocenters. The highest BCUT2D eigenvalue weighted by Crippen LogP contribution is 2.23. The number of carbonyl (C=O) groups excluding carboxylic acids is 2. The van der Waals surface area contributed by atoms with E-state index in [0.717, 1.165) is 29.5 Å². The third-order valence-corrected chi connectivity index (χ3v) is 5.91. The predicted molar refractivity (Wildman–Crippen MR) is 121 cm³/mol. The Morgan fingerprint density at radius 1 is 1.06 bits per heavy atom. The van der Waals surface area contributed by atoms with Crippen LogP contribution in [0.1, 0.15) is 25.0 Å². The summed E-state index contributed by atoms with van der Waals surface area (Å²) in [6.45, 7) is 1.82. The fourth-order valence-electron chi connectivity index (χ4n) is 3.44. The van der Waals surface area contributed by atoms with E-state index in [0.29, 0.717) is 11.4 Å². The molecule has 0 spiro atoms. The number of rotatable bonds is 7. The largest absolute Gasteiger partial charge is 0.455 e. The highest BCUT2D eigenvalue weighted by Gasteiger charge is 2.13. The molecule has 0 radical (unpaired) electrons. The van der Waals surface area contributed by atoms with Crippen molar-refractivity contribution < 1.29 is 14.3 Å². The molecule has 1 aromatic carbocycles. The highest BCUT2D eigenvalue weighted by molar-refractivity contribution is 7.13. The molecule has 3 aromatic rings. The fourth-order valence-corrected chi connectivity index (χ4v) is 4.24. The molecule has 0 bridgehead atoms. The van der Waals surface area contributed by atoms with Crippen molar-refractivity contribution in [2.45, 2.75) is 25.7 Å². The molecule has 0 saturated carbocycles. The van der Waals surface area contributed by atoms with Gasteiger partial charge < -0.3 is 15.0 Å². The molecule has 4 rings (SSSR count). The number of hydrogen-bond acceptors (Lipinski definition) is 7. The first kappa shape index (κ1) is 21.0. The monoisotopic (exact) mass is 436 g/mol. The van der Waals surface area contributed by atoms with Gasteiger partial charge in [-0.3, -0.25) is 14.6 Å². The smallest absolute Gasteiger partial charge is 0.312 e. The minimum absolute atomic E-state index is 0.0150. The van der Waals surface area contributed by atoms with E-state index >= 15 is 0 Å². The Morgan fingerprint density at radius 2 is 1.87 bits per heavy atom. The van der Waals surface area contributed by atoms with Crippen LogP contribution < -0.4 is 10.2 Å². The van der Waals surface area contributed by atoms with Crippen LogP contribution in [0, 0.1) is 0 Å². The van der Waals surface area contributed by atoms with Gasteiger partial charge in [0.25, 0.3) is 5.91 Å². The number of pyridine rings is 1. The molecule has 1 saturated heterocycles. The van der Waals surface area contributed by atoms with Crippen molar-refractivity contribution in [2.75, 3.05) is 29.9 Å². The zero-order valence-electron chi connectivity index (χ0n) is 17.1. The van der Waals surface area contributed by atoms with Gasteiger partial charge >= 0.3 is 5.97 Å². The van der Waals surface area contributed by atoms with Gasteiger partial charge in [0, 0.05) is 36.0 Å². The number of hydrogen-bond donors (Lipinski definition) is 1. The number of carbonyl (C=O) groups is 2. The molecule has 3 heterocycles. The van der Waals surface area contributed by atoms with Gasteiger partial charge in [-0.05, 0) is 55.7 Å². The number of aromatic nitrogens is 2. The molecular formula is C23H24N4O3S. The minimum atomic E-state index is -0.492. The molecule has 8 heteroatoms. The Labute approximate surface area is 185 Å². The topological polar surface area (TPSA) is 84.4 Å². The molecule has 1 fully saturated rings. The summed E-state index contributed by atoms with van der Waals surface area (Å²) in [4.78, 5) is 35.2. The highest BCUT2D eigenvalue weighted by atomic mass is 32.1. The van der Waals surface area contributed by atoms with Crippen LogP contribution in [0.5, 0.6) is 0 Å². The molecule has 2 aromatic heterocycles. The van der Waals surface area contributed by atoms with Crippen molar-refractivity contribution in [1.29, 1.82) is 0 Å². The third kappa shape index (κ3) is 5.88. The van der Waals surface area contributed by atoms with E-state index < -0.39 is 5.97 Å². The molecule has 1 N–H and O–H groups in total. The van der Waals surface area contributed by atoms with Gasteiger partial charge in [0.15, 0.2) is 6.61 Å². The maximum atomic E-state index is 12.1. The average molecular weight is 437 g/mol. The van der Waals surface area contributed by atoms with Crippen molar-refractivity contribution in [2.24, 2.45) is 0 Å². The summed E-state index contributed by atoms with van der Waals surface area (Å²) < 4.78 is 5.10. The molecule has 1 aliphatic rings. The van der Waals surface area contributed by atoms with Crippen LogP contribution in [-0.2, 0) is 20.7 Å². The molecule has 31 heavy (non-hydrogen) atoms. The Bertz CT molecular complexity index is 1010. The molecule has 0 aliphatic carbocycles. The summed E-state index contributed by atoms with van der Waals surface area (Å²) in [6.07, 6.45) is 5.44. The van der Waals surface area contributed by atoms with Gasteiger partial charge in [0.05, 0.1) is 17.8 Å². The first-order valence-corrected chi connectivity index (χ1v) is 11.2. The number of nitrogens with one attached hydrogen (secondary N) is 1. The zero-order valence-corrected chi connectivity index (χ0v) is 17.9. The van der Waals surface area contributed by atoms with Gasteiger partial charge in [0.2, 0.25) is 0 Å². The number of ether oxygens (including phenoxy) is 1. The van der Waals surface area contributed by atoms with Crippen LogP contribution in [0.25, 0.3) is 10.7 Å². The van der Waals surface area contributed by atoms with E-state index in [9.17, 15) is 9.59 Å². The molecule has 7 nitrogen and oxygen atoms in total.